The van der Waals surface area contributed by atoms with Gasteiger partial charge in [0.15, 0.2) is 0 Å². The van der Waals surface area contributed by atoms with Crippen molar-refractivity contribution < 1.29 is 17.9 Å². The maximum Gasteiger partial charge on any atom is 0.243 e. The fourth-order valence-corrected chi connectivity index (χ4v) is 3.45. The summed E-state index contributed by atoms with van der Waals surface area (Å²) >= 11 is 0. The zero-order valence-electron chi connectivity index (χ0n) is 14.5. The summed E-state index contributed by atoms with van der Waals surface area (Å²) in [4.78, 5) is 12.3. The minimum absolute atomic E-state index is 0.111. The largest absolute Gasteiger partial charge is 0.497 e. The van der Waals surface area contributed by atoms with Gasteiger partial charge in [-0.1, -0.05) is 30.3 Å². The first-order valence-corrected chi connectivity index (χ1v) is 9.23. The van der Waals surface area contributed by atoms with Crippen molar-refractivity contribution in [3.05, 3.63) is 60.2 Å². The number of likely N-dealkylation sites (N-methyl/N-ethyl adjacent to an activating group) is 1. The lowest BCUT2D eigenvalue weighted by molar-refractivity contribution is -0.121. The maximum absolute atomic E-state index is 12.5. The predicted molar refractivity (Wildman–Crippen MR) is 95.8 cm³/mol. The van der Waals surface area contributed by atoms with Crippen molar-refractivity contribution in [2.24, 2.45) is 0 Å². The SMILES string of the molecule is COc1ccc(S(=O)(=O)N(C)CC(=O)N[C@H](C)c2ccccc2)cc1. The van der Waals surface area contributed by atoms with Crippen LogP contribution in [0.1, 0.15) is 18.5 Å². The fourth-order valence-electron chi connectivity index (χ4n) is 2.33. The second kappa shape index (κ2) is 8.13. The quantitative estimate of drug-likeness (QED) is 0.819. The van der Waals surface area contributed by atoms with E-state index in [0.717, 1.165) is 9.87 Å². The van der Waals surface area contributed by atoms with Gasteiger partial charge in [0.2, 0.25) is 15.9 Å². The second-order valence-electron chi connectivity index (χ2n) is 5.64. The molecule has 0 heterocycles. The Morgan fingerprint density at radius 1 is 1.12 bits per heavy atom. The molecule has 0 aliphatic heterocycles. The minimum Gasteiger partial charge on any atom is -0.497 e. The first kappa shape index (κ1) is 19.0. The number of amides is 1. The number of sulfonamides is 1. The molecular formula is C18H22N2O4S. The predicted octanol–water partition coefficient (Wildman–Crippen LogP) is 2.19. The number of rotatable bonds is 7. The van der Waals surface area contributed by atoms with Crippen LogP contribution in [-0.4, -0.2) is 39.3 Å². The van der Waals surface area contributed by atoms with E-state index in [-0.39, 0.29) is 23.4 Å². The van der Waals surface area contributed by atoms with Crippen molar-refractivity contribution in [2.45, 2.75) is 17.9 Å². The highest BCUT2D eigenvalue weighted by atomic mass is 32.2. The molecular weight excluding hydrogens is 340 g/mol. The number of hydrogen-bond donors (Lipinski definition) is 1. The van der Waals surface area contributed by atoms with Crippen molar-refractivity contribution in [3.63, 3.8) is 0 Å². The summed E-state index contributed by atoms with van der Waals surface area (Å²) in [6.45, 7) is 1.59. The highest BCUT2D eigenvalue weighted by Gasteiger charge is 2.23. The molecule has 0 aromatic heterocycles. The highest BCUT2D eigenvalue weighted by Crippen LogP contribution is 2.18. The smallest absolute Gasteiger partial charge is 0.243 e. The molecule has 134 valence electrons. The first-order chi connectivity index (χ1) is 11.8. The summed E-state index contributed by atoms with van der Waals surface area (Å²) < 4.78 is 31.1. The van der Waals surface area contributed by atoms with Gasteiger partial charge in [-0.3, -0.25) is 4.79 Å². The van der Waals surface area contributed by atoms with Crippen molar-refractivity contribution in [3.8, 4) is 5.75 Å². The van der Waals surface area contributed by atoms with Crippen molar-refractivity contribution in [2.75, 3.05) is 20.7 Å². The van der Waals surface area contributed by atoms with Crippen LogP contribution in [0.15, 0.2) is 59.5 Å². The number of nitrogens with one attached hydrogen (secondary N) is 1. The maximum atomic E-state index is 12.5. The summed E-state index contributed by atoms with van der Waals surface area (Å²) in [6, 6.07) is 15.3. The normalized spacial score (nSPS) is 12.6. The van der Waals surface area contributed by atoms with Gasteiger partial charge in [0.1, 0.15) is 5.75 Å². The van der Waals surface area contributed by atoms with Gasteiger partial charge in [-0.2, -0.15) is 4.31 Å². The molecule has 0 radical (unpaired) electrons. The first-order valence-electron chi connectivity index (χ1n) is 7.79. The Hall–Kier alpha value is -2.38. The summed E-state index contributed by atoms with van der Waals surface area (Å²) in [5, 5.41) is 2.80. The van der Waals surface area contributed by atoms with E-state index < -0.39 is 10.0 Å². The fraction of sp³-hybridized carbons (Fsp3) is 0.278. The Labute approximate surface area is 148 Å². The molecule has 2 rings (SSSR count). The molecule has 2 aromatic carbocycles. The van der Waals surface area contributed by atoms with E-state index in [9.17, 15) is 13.2 Å². The van der Waals surface area contributed by atoms with Gasteiger partial charge in [-0.15, -0.1) is 0 Å². The van der Waals surface area contributed by atoms with Crippen LogP contribution in [0.3, 0.4) is 0 Å². The molecule has 25 heavy (non-hydrogen) atoms. The Balaban J connectivity index is 2.01. The lowest BCUT2D eigenvalue weighted by Crippen LogP contribution is -2.39. The number of hydrogen-bond acceptors (Lipinski definition) is 4. The summed E-state index contributed by atoms with van der Waals surface area (Å²) in [7, 11) is -0.853. The molecule has 2 aromatic rings. The molecule has 0 saturated heterocycles. The molecule has 1 amide bonds. The average Bonchev–Trinajstić information content (AvgIpc) is 2.62. The van der Waals surface area contributed by atoms with Gasteiger partial charge in [0.25, 0.3) is 0 Å². The van der Waals surface area contributed by atoms with E-state index in [1.807, 2.05) is 37.3 Å². The van der Waals surface area contributed by atoms with Gasteiger partial charge in [-0.05, 0) is 36.8 Å². The van der Waals surface area contributed by atoms with Gasteiger partial charge >= 0.3 is 0 Å². The summed E-state index contributed by atoms with van der Waals surface area (Å²) in [6.07, 6.45) is 0. The van der Waals surface area contributed by atoms with E-state index in [1.54, 1.807) is 12.1 Å². The van der Waals surface area contributed by atoms with Crippen LogP contribution in [0.4, 0.5) is 0 Å². The lowest BCUT2D eigenvalue weighted by Gasteiger charge is -2.19. The van der Waals surface area contributed by atoms with Crippen LogP contribution in [-0.2, 0) is 14.8 Å². The number of methoxy groups -OCH3 is 1. The number of nitrogens with zero attached hydrogens (tertiary/aromatic N) is 1. The molecule has 0 fully saturated rings. The van der Waals surface area contributed by atoms with Crippen LogP contribution in [0, 0.1) is 0 Å². The van der Waals surface area contributed by atoms with Gasteiger partial charge in [-0.25, -0.2) is 8.42 Å². The Bertz CT molecular complexity index is 805. The Morgan fingerprint density at radius 2 is 1.72 bits per heavy atom. The summed E-state index contributed by atoms with van der Waals surface area (Å²) in [5.41, 5.74) is 0.955. The molecule has 0 spiro atoms. The van der Waals surface area contributed by atoms with Crippen LogP contribution in [0.2, 0.25) is 0 Å². The number of carbonyl (C=O) groups is 1. The van der Waals surface area contributed by atoms with Gasteiger partial charge in [0.05, 0.1) is 24.6 Å². The van der Waals surface area contributed by atoms with Crippen LogP contribution in [0.25, 0.3) is 0 Å². The standard InChI is InChI=1S/C18H22N2O4S/c1-14(15-7-5-4-6-8-15)19-18(21)13-20(2)25(22,23)17-11-9-16(24-3)10-12-17/h4-12,14H,13H2,1-3H3,(H,19,21)/t14-/m1/s1. The molecule has 7 heteroatoms. The van der Waals surface area contributed by atoms with E-state index in [0.29, 0.717) is 5.75 Å². The molecule has 1 atom stereocenters. The third kappa shape index (κ3) is 4.80. The molecule has 0 bridgehead atoms. The number of carbonyl (C=O) groups excluding carboxylic acids is 1. The summed E-state index contributed by atoms with van der Waals surface area (Å²) in [5.74, 6) is 0.201. The van der Waals surface area contributed by atoms with Gasteiger partial charge < -0.3 is 10.1 Å². The van der Waals surface area contributed by atoms with E-state index in [4.69, 9.17) is 4.74 Å². The topological polar surface area (TPSA) is 75.7 Å². The minimum atomic E-state index is -3.74. The molecule has 0 aliphatic rings. The molecule has 0 unspecified atom stereocenters. The van der Waals surface area contributed by atoms with Crippen LogP contribution >= 0.6 is 0 Å². The Kier molecular flexibility index (Phi) is 6.17. The van der Waals surface area contributed by atoms with Crippen LogP contribution < -0.4 is 10.1 Å². The molecule has 1 N–H and O–H groups in total. The van der Waals surface area contributed by atoms with Crippen LogP contribution in [0.5, 0.6) is 5.75 Å². The van der Waals surface area contributed by atoms with Crippen molar-refractivity contribution >= 4 is 15.9 Å². The van der Waals surface area contributed by atoms with Gasteiger partial charge in [0, 0.05) is 7.05 Å². The third-order valence-electron chi connectivity index (χ3n) is 3.81. The van der Waals surface area contributed by atoms with E-state index in [1.165, 1.54) is 26.3 Å². The second-order valence-corrected chi connectivity index (χ2v) is 7.68. The molecule has 6 nitrogen and oxygen atoms in total. The van der Waals surface area contributed by atoms with Crippen molar-refractivity contribution in [1.82, 2.24) is 9.62 Å². The number of benzene rings is 2. The highest BCUT2D eigenvalue weighted by molar-refractivity contribution is 7.89. The molecule has 0 saturated carbocycles. The number of ether oxygens (including phenoxy) is 1. The molecule has 0 aliphatic carbocycles. The lowest BCUT2D eigenvalue weighted by atomic mass is 10.1. The van der Waals surface area contributed by atoms with Crippen molar-refractivity contribution in [1.29, 1.82) is 0 Å². The monoisotopic (exact) mass is 362 g/mol. The van der Waals surface area contributed by atoms with E-state index >= 15 is 0 Å². The third-order valence-corrected chi connectivity index (χ3v) is 5.63. The zero-order chi connectivity index (χ0) is 18.4. The Morgan fingerprint density at radius 3 is 2.28 bits per heavy atom. The average molecular weight is 362 g/mol. The zero-order valence-corrected chi connectivity index (χ0v) is 15.3. The van der Waals surface area contributed by atoms with E-state index in [2.05, 4.69) is 5.32 Å².